The molecule has 4 rings (SSSR count). The zero-order valence-corrected chi connectivity index (χ0v) is 17.5. The third-order valence-electron chi connectivity index (χ3n) is 4.79. The third-order valence-corrected chi connectivity index (χ3v) is 5.68. The van der Waals surface area contributed by atoms with Gasteiger partial charge in [-0.2, -0.15) is 5.26 Å². The van der Waals surface area contributed by atoms with Crippen LogP contribution in [0.5, 0.6) is 11.5 Å². The van der Waals surface area contributed by atoms with Gasteiger partial charge in [-0.3, -0.25) is 9.36 Å². The van der Waals surface area contributed by atoms with E-state index in [0.717, 1.165) is 16.9 Å². The molecule has 0 amide bonds. The van der Waals surface area contributed by atoms with Crippen LogP contribution in [0.1, 0.15) is 5.56 Å². The maximum atomic E-state index is 13.1. The number of hydrogen-bond acceptors (Lipinski definition) is 7. The highest BCUT2D eigenvalue weighted by Crippen LogP contribution is 2.31. The van der Waals surface area contributed by atoms with Crippen molar-refractivity contribution in [3.05, 3.63) is 76.2 Å². The van der Waals surface area contributed by atoms with Gasteiger partial charge < -0.3 is 14.6 Å². The molecule has 2 aromatic carbocycles. The van der Waals surface area contributed by atoms with Gasteiger partial charge in [-0.05, 0) is 42.0 Å². The molecule has 4 aromatic rings. The van der Waals surface area contributed by atoms with Crippen molar-refractivity contribution in [3.8, 4) is 28.7 Å². The second-order valence-electron chi connectivity index (χ2n) is 6.86. The summed E-state index contributed by atoms with van der Waals surface area (Å²) in [6, 6.07) is 16.1. The first-order chi connectivity index (χ1) is 15.1. The first-order valence-corrected chi connectivity index (χ1v) is 10.4. The van der Waals surface area contributed by atoms with Crippen LogP contribution in [-0.2, 0) is 6.54 Å². The van der Waals surface area contributed by atoms with Crippen molar-refractivity contribution in [1.29, 1.82) is 5.26 Å². The Morgan fingerprint density at radius 2 is 1.87 bits per heavy atom. The number of fused-ring (bicyclic) bond motifs is 1. The van der Waals surface area contributed by atoms with Gasteiger partial charge in [0.25, 0.3) is 5.56 Å². The number of nitriles is 1. The zero-order chi connectivity index (χ0) is 21.8. The summed E-state index contributed by atoms with van der Waals surface area (Å²) >= 11 is 1.41. The van der Waals surface area contributed by atoms with Crippen molar-refractivity contribution >= 4 is 21.6 Å². The minimum Gasteiger partial charge on any atom is -0.497 e. The first-order valence-electron chi connectivity index (χ1n) is 9.51. The average molecular weight is 433 g/mol. The summed E-state index contributed by atoms with van der Waals surface area (Å²) in [6.07, 6.45) is 0.542. The smallest absolute Gasteiger partial charge is 0.262 e. The van der Waals surface area contributed by atoms with Gasteiger partial charge >= 0.3 is 0 Å². The fourth-order valence-corrected chi connectivity index (χ4v) is 4.09. The van der Waals surface area contributed by atoms with Gasteiger partial charge in [0.15, 0.2) is 0 Å². The Bertz CT molecular complexity index is 1290. The molecule has 1 N–H and O–H groups in total. The number of benzene rings is 2. The van der Waals surface area contributed by atoms with Crippen molar-refractivity contribution in [2.45, 2.75) is 12.6 Å². The molecule has 0 aliphatic rings. The van der Waals surface area contributed by atoms with E-state index < -0.39 is 6.10 Å². The fraction of sp³-hybridized carbons (Fsp3) is 0.174. The van der Waals surface area contributed by atoms with E-state index in [2.05, 4.69) is 4.98 Å². The van der Waals surface area contributed by atoms with E-state index in [4.69, 9.17) is 14.7 Å². The van der Waals surface area contributed by atoms with Crippen LogP contribution < -0.4 is 15.0 Å². The molecule has 156 valence electrons. The SMILES string of the molecule is COc1ccc(-c2csc3ncn(CC(O)COc4ccc(C#N)cc4)c(=O)c23)cc1. The summed E-state index contributed by atoms with van der Waals surface area (Å²) in [5.74, 6) is 1.28. The lowest BCUT2D eigenvalue weighted by Crippen LogP contribution is -2.30. The van der Waals surface area contributed by atoms with Gasteiger partial charge in [0.05, 0.1) is 37.0 Å². The topological polar surface area (TPSA) is 97.4 Å². The molecule has 0 fully saturated rings. The van der Waals surface area contributed by atoms with Crippen LogP contribution in [0.3, 0.4) is 0 Å². The normalized spacial score (nSPS) is 11.8. The van der Waals surface area contributed by atoms with E-state index in [1.54, 1.807) is 31.4 Å². The third kappa shape index (κ3) is 4.43. The number of nitrogens with zero attached hydrogens (tertiary/aromatic N) is 3. The lowest BCUT2D eigenvalue weighted by atomic mass is 10.1. The molecular weight excluding hydrogens is 414 g/mol. The van der Waals surface area contributed by atoms with Crippen molar-refractivity contribution < 1.29 is 14.6 Å². The van der Waals surface area contributed by atoms with E-state index in [1.807, 2.05) is 35.7 Å². The van der Waals surface area contributed by atoms with Crippen LogP contribution in [0.4, 0.5) is 0 Å². The Morgan fingerprint density at radius 3 is 2.55 bits per heavy atom. The average Bonchev–Trinajstić information content (AvgIpc) is 3.25. The number of thiophene rings is 1. The highest BCUT2D eigenvalue weighted by atomic mass is 32.1. The van der Waals surface area contributed by atoms with Crippen molar-refractivity contribution in [1.82, 2.24) is 9.55 Å². The minimum atomic E-state index is -0.907. The Morgan fingerprint density at radius 1 is 1.16 bits per heavy atom. The highest BCUT2D eigenvalue weighted by molar-refractivity contribution is 7.17. The Kier molecular flexibility index (Phi) is 5.98. The summed E-state index contributed by atoms with van der Waals surface area (Å²) in [5.41, 5.74) is 2.02. The van der Waals surface area contributed by atoms with Crippen LogP contribution in [-0.4, -0.2) is 34.5 Å². The van der Waals surface area contributed by atoms with Crippen molar-refractivity contribution in [3.63, 3.8) is 0 Å². The molecule has 0 spiro atoms. The van der Waals surface area contributed by atoms with E-state index >= 15 is 0 Å². The Hall–Kier alpha value is -3.67. The summed E-state index contributed by atoms with van der Waals surface area (Å²) in [4.78, 5) is 18.1. The van der Waals surface area contributed by atoms with Crippen molar-refractivity contribution in [2.75, 3.05) is 13.7 Å². The van der Waals surface area contributed by atoms with Crippen molar-refractivity contribution in [2.24, 2.45) is 0 Å². The highest BCUT2D eigenvalue weighted by Gasteiger charge is 2.15. The molecule has 8 heteroatoms. The number of aliphatic hydroxyl groups is 1. The van der Waals surface area contributed by atoms with E-state index in [0.29, 0.717) is 21.5 Å². The summed E-state index contributed by atoms with van der Waals surface area (Å²) in [7, 11) is 1.61. The molecule has 1 atom stereocenters. The molecule has 0 bridgehead atoms. The van der Waals surface area contributed by atoms with Gasteiger partial charge in [-0.15, -0.1) is 11.3 Å². The fourth-order valence-electron chi connectivity index (χ4n) is 3.18. The molecule has 0 radical (unpaired) electrons. The molecule has 0 aliphatic heterocycles. The van der Waals surface area contributed by atoms with Gasteiger partial charge in [0.1, 0.15) is 29.0 Å². The summed E-state index contributed by atoms with van der Waals surface area (Å²) < 4.78 is 12.2. The maximum Gasteiger partial charge on any atom is 0.262 e. The molecule has 2 aromatic heterocycles. The number of aliphatic hydroxyl groups excluding tert-OH is 1. The van der Waals surface area contributed by atoms with Gasteiger partial charge in [-0.25, -0.2) is 4.98 Å². The van der Waals surface area contributed by atoms with E-state index in [9.17, 15) is 9.90 Å². The van der Waals surface area contributed by atoms with Crippen LogP contribution in [0.15, 0.2) is 65.0 Å². The second-order valence-corrected chi connectivity index (χ2v) is 7.72. The van der Waals surface area contributed by atoms with Crippen LogP contribution >= 0.6 is 11.3 Å². The van der Waals surface area contributed by atoms with Gasteiger partial charge in [0, 0.05) is 10.9 Å². The Labute approximate surface area is 182 Å². The predicted octanol–water partition coefficient (Wildman–Crippen LogP) is 3.45. The monoisotopic (exact) mass is 433 g/mol. The zero-order valence-electron chi connectivity index (χ0n) is 16.7. The number of hydrogen-bond donors (Lipinski definition) is 1. The number of ether oxygens (including phenoxy) is 2. The first kappa shape index (κ1) is 20.6. The molecule has 0 saturated carbocycles. The number of methoxy groups -OCH3 is 1. The number of aromatic nitrogens is 2. The van der Waals surface area contributed by atoms with Crippen LogP contribution in [0, 0.1) is 11.3 Å². The van der Waals surface area contributed by atoms with E-state index in [-0.39, 0.29) is 18.7 Å². The molecule has 7 nitrogen and oxygen atoms in total. The van der Waals surface area contributed by atoms with Crippen LogP contribution in [0.2, 0.25) is 0 Å². The molecule has 2 heterocycles. The summed E-state index contributed by atoms with van der Waals surface area (Å²) in [6.45, 7) is 0.0568. The minimum absolute atomic E-state index is 0.00531. The maximum absolute atomic E-state index is 13.1. The molecule has 0 saturated heterocycles. The quantitative estimate of drug-likeness (QED) is 0.479. The summed E-state index contributed by atoms with van der Waals surface area (Å²) in [5, 5.41) is 21.7. The van der Waals surface area contributed by atoms with Gasteiger partial charge in [-0.1, -0.05) is 12.1 Å². The Balaban J connectivity index is 1.53. The lowest BCUT2D eigenvalue weighted by Gasteiger charge is -2.14. The van der Waals surface area contributed by atoms with Gasteiger partial charge in [0.2, 0.25) is 0 Å². The standard InChI is InChI=1S/C23H19N3O4S/c1-29-18-8-4-16(5-9-18)20-13-31-22-21(20)23(28)26(14-25-22)11-17(27)12-30-19-6-2-15(10-24)3-7-19/h2-9,13-14,17,27H,11-12H2,1H3. The molecule has 1 unspecified atom stereocenters. The molecule has 0 aliphatic carbocycles. The lowest BCUT2D eigenvalue weighted by molar-refractivity contribution is 0.0915. The predicted molar refractivity (Wildman–Crippen MR) is 119 cm³/mol. The van der Waals surface area contributed by atoms with Crippen LogP contribution in [0.25, 0.3) is 21.3 Å². The molecule has 31 heavy (non-hydrogen) atoms. The molecular formula is C23H19N3O4S. The largest absolute Gasteiger partial charge is 0.497 e. The second kappa shape index (κ2) is 9.00. The number of rotatable bonds is 7. The van der Waals surface area contributed by atoms with E-state index in [1.165, 1.54) is 22.2 Å².